The molecule has 7 heteroatoms. The summed E-state index contributed by atoms with van der Waals surface area (Å²) in [4.78, 5) is 30.2. The van der Waals surface area contributed by atoms with Gasteiger partial charge < -0.3 is 4.74 Å². The van der Waals surface area contributed by atoms with E-state index in [9.17, 15) is 14.0 Å². The van der Waals surface area contributed by atoms with Gasteiger partial charge in [-0.05, 0) is 48.5 Å². The number of halogens is 1. The molecule has 1 heterocycles. The maximum Gasteiger partial charge on any atom is 0.280 e. The molecular formula is C24H18FN3O3. The molecule has 0 aliphatic rings. The fraction of sp³-hybridized carbons (Fsp3) is 0.0417. The van der Waals surface area contributed by atoms with Crippen molar-refractivity contribution < 1.29 is 13.9 Å². The number of benzene rings is 3. The molecule has 0 aliphatic carbocycles. The van der Waals surface area contributed by atoms with Crippen molar-refractivity contribution in [1.29, 1.82) is 0 Å². The first-order valence-corrected chi connectivity index (χ1v) is 9.46. The summed E-state index contributed by atoms with van der Waals surface area (Å²) in [5.41, 5.74) is 3.80. The van der Waals surface area contributed by atoms with Gasteiger partial charge in [0.15, 0.2) is 5.82 Å². The maximum atomic E-state index is 13.4. The van der Waals surface area contributed by atoms with E-state index < -0.39 is 17.3 Å². The van der Waals surface area contributed by atoms with Gasteiger partial charge >= 0.3 is 0 Å². The number of hydrogen-bond donors (Lipinski definition) is 1. The summed E-state index contributed by atoms with van der Waals surface area (Å²) in [5.74, 6) is -0.138. The van der Waals surface area contributed by atoms with Crippen molar-refractivity contribution in [2.45, 2.75) is 0 Å². The highest BCUT2D eigenvalue weighted by Gasteiger charge is 2.14. The van der Waals surface area contributed by atoms with Crippen molar-refractivity contribution in [2.24, 2.45) is 0 Å². The third kappa shape index (κ3) is 4.20. The summed E-state index contributed by atoms with van der Waals surface area (Å²) in [7, 11) is 1.54. The van der Waals surface area contributed by atoms with Crippen molar-refractivity contribution in [1.82, 2.24) is 9.66 Å². The Morgan fingerprint density at radius 2 is 1.74 bits per heavy atom. The minimum atomic E-state index is -0.534. The monoisotopic (exact) mass is 415 g/mol. The van der Waals surface area contributed by atoms with Crippen LogP contribution in [0.1, 0.15) is 5.56 Å². The van der Waals surface area contributed by atoms with E-state index >= 15 is 0 Å². The summed E-state index contributed by atoms with van der Waals surface area (Å²) < 4.78 is 19.7. The van der Waals surface area contributed by atoms with Gasteiger partial charge in [0.1, 0.15) is 11.6 Å². The molecular weight excluding hydrogens is 397 g/mol. The van der Waals surface area contributed by atoms with Crippen molar-refractivity contribution in [2.75, 3.05) is 12.5 Å². The van der Waals surface area contributed by atoms with E-state index in [1.165, 1.54) is 30.3 Å². The van der Waals surface area contributed by atoms with Crippen LogP contribution in [0.2, 0.25) is 0 Å². The average Bonchev–Trinajstić information content (AvgIpc) is 2.80. The van der Waals surface area contributed by atoms with Crippen molar-refractivity contribution >= 4 is 22.9 Å². The number of fused-ring (bicyclic) bond motifs is 1. The van der Waals surface area contributed by atoms with Crippen molar-refractivity contribution in [3.05, 3.63) is 101 Å². The Hall–Kier alpha value is -4.26. The lowest BCUT2D eigenvalue weighted by Gasteiger charge is -2.13. The largest absolute Gasteiger partial charge is 0.496 e. The quantitative estimate of drug-likeness (QED) is 0.500. The lowest BCUT2D eigenvalue weighted by Crippen LogP contribution is -2.34. The smallest absolute Gasteiger partial charge is 0.280 e. The molecule has 0 aliphatic heterocycles. The Balaban J connectivity index is 1.75. The number of hydrogen-bond acceptors (Lipinski definition) is 4. The Labute approximate surface area is 177 Å². The van der Waals surface area contributed by atoms with Gasteiger partial charge in [0.2, 0.25) is 0 Å². The topological polar surface area (TPSA) is 73.2 Å². The highest BCUT2D eigenvalue weighted by atomic mass is 19.1. The molecule has 1 aromatic heterocycles. The zero-order chi connectivity index (χ0) is 21.8. The standard InChI is InChI=1S/C24H18FN3O3/c1-31-21-9-5-2-6-16(21)12-15-22(29)27-28-23(17-10-13-18(25)14-11-17)26-20-8-4-3-7-19(20)24(28)30/h2-15H,1H3,(H,27,29)/b15-12+. The zero-order valence-electron chi connectivity index (χ0n) is 16.6. The average molecular weight is 415 g/mol. The number of nitrogens with zero attached hydrogens (tertiary/aromatic N) is 2. The fourth-order valence-electron chi connectivity index (χ4n) is 3.15. The van der Waals surface area contributed by atoms with E-state index in [0.717, 1.165) is 4.68 Å². The number of carbonyl (C=O) groups excluding carboxylic acids is 1. The Morgan fingerprint density at radius 3 is 2.52 bits per heavy atom. The molecule has 6 nitrogen and oxygen atoms in total. The molecule has 0 saturated carbocycles. The van der Waals surface area contributed by atoms with Crippen LogP contribution in [0.25, 0.3) is 28.4 Å². The Bertz CT molecular complexity index is 1340. The van der Waals surface area contributed by atoms with Gasteiger partial charge in [-0.1, -0.05) is 30.3 Å². The number of methoxy groups -OCH3 is 1. The number of aromatic nitrogens is 2. The maximum absolute atomic E-state index is 13.4. The molecule has 0 fully saturated rings. The lowest BCUT2D eigenvalue weighted by atomic mass is 10.2. The molecule has 0 radical (unpaired) electrons. The van der Waals surface area contributed by atoms with Crippen LogP contribution >= 0.6 is 0 Å². The summed E-state index contributed by atoms with van der Waals surface area (Å²) in [6.45, 7) is 0. The minimum Gasteiger partial charge on any atom is -0.496 e. The van der Waals surface area contributed by atoms with Gasteiger partial charge in [0.05, 0.1) is 18.0 Å². The molecule has 154 valence electrons. The van der Waals surface area contributed by atoms with Crippen LogP contribution in [0.15, 0.2) is 83.7 Å². The van der Waals surface area contributed by atoms with Gasteiger partial charge in [0.25, 0.3) is 11.5 Å². The normalized spacial score (nSPS) is 11.0. The van der Waals surface area contributed by atoms with Crippen LogP contribution in [0, 0.1) is 5.82 Å². The molecule has 0 bridgehead atoms. The number of carbonyl (C=O) groups is 1. The highest BCUT2D eigenvalue weighted by molar-refractivity contribution is 5.98. The Kier molecular flexibility index (Phi) is 5.57. The molecule has 1 N–H and O–H groups in total. The number of amides is 1. The van der Waals surface area contributed by atoms with Crippen LogP contribution in [0.4, 0.5) is 4.39 Å². The van der Waals surface area contributed by atoms with Crippen LogP contribution in [0.3, 0.4) is 0 Å². The van der Waals surface area contributed by atoms with Gasteiger partial charge in [-0.2, -0.15) is 4.68 Å². The third-order valence-corrected chi connectivity index (χ3v) is 4.65. The molecule has 4 aromatic rings. The minimum absolute atomic E-state index is 0.197. The molecule has 0 spiro atoms. The second-order valence-corrected chi connectivity index (χ2v) is 6.65. The Morgan fingerprint density at radius 1 is 1.03 bits per heavy atom. The first-order chi connectivity index (χ1) is 15.1. The first kappa shape index (κ1) is 20.0. The van der Waals surface area contributed by atoms with Gasteiger partial charge in [-0.3, -0.25) is 15.0 Å². The SMILES string of the molecule is COc1ccccc1/C=C/C(=O)Nn1c(-c2ccc(F)cc2)nc2ccccc2c1=O. The zero-order valence-corrected chi connectivity index (χ0v) is 16.6. The van der Waals surface area contributed by atoms with E-state index in [0.29, 0.717) is 27.8 Å². The second-order valence-electron chi connectivity index (χ2n) is 6.65. The second kappa shape index (κ2) is 8.62. The van der Waals surface area contributed by atoms with Gasteiger partial charge in [-0.15, -0.1) is 0 Å². The number of nitrogens with one attached hydrogen (secondary N) is 1. The number of para-hydroxylation sites is 2. The molecule has 3 aromatic carbocycles. The number of ether oxygens (including phenoxy) is 1. The molecule has 0 unspecified atom stereocenters. The molecule has 4 rings (SSSR count). The first-order valence-electron chi connectivity index (χ1n) is 9.46. The summed E-state index contributed by atoms with van der Waals surface area (Å²) >= 11 is 0. The predicted molar refractivity (Wildman–Crippen MR) is 118 cm³/mol. The highest BCUT2D eigenvalue weighted by Crippen LogP contribution is 2.20. The molecule has 1 amide bonds. The summed E-state index contributed by atoms with van der Waals surface area (Å²) in [6, 6.07) is 19.6. The van der Waals surface area contributed by atoms with E-state index in [1.54, 1.807) is 49.6 Å². The van der Waals surface area contributed by atoms with Crippen LogP contribution < -0.4 is 15.7 Å². The van der Waals surface area contributed by atoms with E-state index in [-0.39, 0.29) is 5.82 Å². The molecule has 0 atom stereocenters. The van der Waals surface area contributed by atoms with Crippen molar-refractivity contribution in [3.8, 4) is 17.1 Å². The van der Waals surface area contributed by atoms with E-state index in [4.69, 9.17) is 4.74 Å². The third-order valence-electron chi connectivity index (χ3n) is 4.65. The van der Waals surface area contributed by atoms with Crippen LogP contribution in [-0.2, 0) is 4.79 Å². The van der Waals surface area contributed by atoms with Crippen molar-refractivity contribution in [3.63, 3.8) is 0 Å². The predicted octanol–water partition coefficient (Wildman–Crippen LogP) is 3.99. The molecule has 0 saturated heterocycles. The lowest BCUT2D eigenvalue weighted by molar-refractivity contribution is -0.112. The van der Waals surface area contributed by atoms with E-state index in [2.05, 4.69) is 10.4 Å². The number of rotatable bonds is 5. The van der Waals surface area contributed by atoms with Crippen LogP contribution in [-0.4, -0.2) is 22.7 Å². The summed E-state index contributed by atoms with van der Waals surface area (Å²) in [6.07, 6.45) is 2.89. The van der Waals surface area contributed by atoms with Crippen LogP contribution in [0.5, 0.6) is 5.75 Å². The van der Waals surface area contributed by atoms with Gasteiger partial charge in [-0.25, -0.2) is 9.37 Å². The fourth-order valence-corrected chi connectivity index (χ4v) is 3.15. The molecule has 31 heavy (non-hydrogen) atoms. The van der Waals surface area contributed by atoms with Gasteiger partial charge in [0, 0.05) is 17.2 Å². The summed E-state index contributed by atoms with van der Waals surface area (Å²) in [5, 5.41) is 0.349. The van der Waals surface area contributed by atoms with E-state index in [1.807, 2.05) is 12.1 Å².